The van der Waals surface area contributed by atoms with Gasteiger partial charge in [-0.1, -0.05) is 5.16 Å². The lowest BCUT2D eigenvalue weighted by atomic mass is 10.2. The van der Waals surface area contributed by atoms with Crippen LogP contribution in [0.4, 0.5) is 0 Å². The summed E-state index contributed by atoms with van der Waals surface area (Å²) in [5, 5.41) is 3.85. The largest absolute Gasteiger partial charge is 0.489 e. The summed E-state index contributed by atoms with van der Waals surface area (Å²) >= 11 is 0. The predicted octanol–water partition coefficient (Wildman–Crippen LogP) is 2.68. The van der Waals surface area contributed by atoms with Crippen molar-refractivity contribution in [2.24, 2.45) is 0 Å². The van der Waals surface area contributed by atoms with E-state index >= 15 is 0 Å². The summed E-state index contributed by atoms with van der Waals surface area (Å²) in [6, 6.07) is 6.97. The van der Waals surface area contributed by atoms with Crippen molar-refractivity contribution in [2.75, 3.05) is 0 Å². The highest BCUT2D eigenvalue weighted by atomic mass is 16.5. The molecule has 0 atom stereocenters. The molecule has 2 aromatic rings. The van der Waals surface area contributed by atoms with Crippen LogP contribution in [0.25, 0.3) is 0 Å². The van der Waals surface area contributed by atoms with Crippen molar-refractivity contribution >= 4 is 6.29 Å². The molecule has 0 spiro atoms. The van der Waals surface area contributed by atoms with Gasteiger partial charge in [-0.15, -0.1) is 0 Å². The third-order valence-electron chi connectivity index (χ3n) is 2.58. The number of carbonyl (C=O) groups is 1. The Labute approximate surface area is 99.2 Å². The molecule has 0 aliphatic heterocycles. The average molecular weight is 231 g/mol. The van der Waals surface area contributed by atoms with E-state index in [1.165, 1.54) is 0 Å². The van der Waals surface area contributed by atoms with E-state index in [1.807, 2.05) is 13.8 Å². The number of aryl methyl sites for hydroxylation is 2. The minimum absolute atomic E-state index is 0.418. The van der Waals surface area contributed by atoms with Crippen LogP contribution in [-0.2, 0) is 6.61 Å². The molecule has 1 heterocycles. The molecule has 17 heavy (non-hydrogen) atoms. The Bertz CT molecular complexity index is 494. The van der Waals surface area contributed by atoms with Crippen molar-refractivity contribution < 1.29 is 14.1 Å². The van der Waals surface area contributed by atoms with Gasteiger partial charge >= 0.3 is 0 Å². The van der Waals surface area contributed by atoms with Crippen molar-refractivity contribution in [3.63, 3.8) is 0 Å². The van der Waals surface area contributed by atoms with E-state index in [2.05, 4.69) is 5.16 Å². The molecular formula is C13H13NO3. The molecule has 88 valence electrons. The minimum atomic E-state index is 0.418. The van der Waals surface area contributed by atoms with Crippen molar-refractivity contribution in [1.29, 1.82) is 0 Å². The molecule has 0 unspecified atom stereocenters. The van der Waals surface area contributed by atoms with Gasteiger partial charge in [0, 0.05) is 5.56 Å². The van der Waals surface area contributed by atoms with Gasteiger partial charge in [-0.05, 0) is 38.1 Å². The Hall–Kier alpha value is -2.10. The van der Waals surface area contributed by atoms with Crippen molar-refractivity contribution in [3.05, 3.63) is 46.8 Å². The topological polar surface area (TPSA) is 52.3 Å². The summed E-state index contributed by atoms with van der Waals surface area (Å²) in [6.07, 6.45) is 0.804. The zero-order valence-electron chi connectivity index (χ0n) is 9.77. The molecule has 0 bridgehead atoms. The fourth-order valence-corrected chi connectivity index (χ4v) is 1.51. The Morgan fingerprint density at radius 3 is 2.53 bits per heavy atom. The van der Waals surface area contributed by atoms with Gasteiger partial charge in [-0.25, -0.2) is 0 Å². The number of rotatable bonds is 4. The van der Waals surface area contributed by atoms with Crippen LogP contribution in [0.15, 0.2) is 28.8 Å². The zero-order chi connectivity index (χ0) is 12.3. The number of benzene rings is 1. The third-order valence-corrected chi connectivity index (χ3v) is 2.58. The summed E-state index contributed by atoms with van der Waals surface area (Å²) in [6.45, 7) is 4.15. The highest BCUT2D eigenvalue weighted by molar-refractivity contribution is 5.74. The Kier molecular flexibility index (Phi) is 3.23. The molecule has 0 amide bonds. The van der Waals surface area contributed by atoms with Crippen molar-refractivity contribution in [2.45, 2.75) is 20.5 Å². The van der Waals surface area contributed by atoms with Crippen molar-refractivity contribution in [1.82, 2.24) is 5.16 Å². The first-order valence-electron chi connectivity index (χ1n) is 5.30. The van der Waals surface area contributed by atoms with Gasteiger partial charge in [0.05, 0.1) is 11.3 Å². The lowest BCUT2D eigenvalue weighted by molar-refractivity contribution is 0.112. The maximum atomic E-state index is 10.5. The van der Waals surface area contributed by atoms with Crippen LogP contribution in [0.1, 0.15) is 27.4 Å². The number of ether oxygens (including phenoxy) is 1. The van der Waals surface area contributed by atoms with Gasteiger partial charge < -0.3 is 9.26 Å². The molecule has 1 aromatic heterocycles. The monoisotopic (exact) mass is 231 g/mol. The summed E-state index contributed by atoms with van der Waals surface area (Å²) in [7, 11) is 0. The Morgan fingerprint density at radius 2 is 2.00 bits per heavy atom. The molecule has 0 saturated carbocycles. The summed E-state index contributed by atoms with van der Waals surface area (Å²) in [5.41, 5.74) is 2.44. The van der Waals surface area contributed by atoms with Crippen LogP contribution < -0.4 is 4.74 Å². The van der Waals surface area contributed by atoms with Crippen LogP contribution in [0.2, 0.25) is 0 Å². The van der Waals surface area contributed by atoms with Crippen LogP contribution >= 0.6 is 0 Å². The van der Waals surface area contributed by atoms with Crippen LogP contribution in [0.3, 0.4) is 0 Å². The van der Waals surface area contributed by atoms with Gasteiger partial charge in [0.2, 0.25) is 0 Å². The maximum absolute atomic E-state index is 10.5. The smallest absolute Gasteiger partial charge is 0.150 e. The SMILES string of the molecule is Cc1noc(C)c1COc1ccc(C=O)cc1. The second-order valence-corrected chi connectivity index (χ2v) is 3.78. The molecule has 2 rings (SSSR count). The van der Waals surface area contributed by atoms with Crippen LogP contribution in [0, 0.1) is 13.8 Å². The lowest BCUT2D eigenvalue weighted by Crippen LogP contribution is -1.97. The number of aldehydes is 1. The quantitative estimate of drug-likeness (QED) is 0.759. The Morgan fingerprint density at radius 1 is 1.29 bits per heavy atom. The normalized spacial score (nSPS) is 10.2. The predicted molar refractivity (Wildman–Crippen MR) is 62.1 cm³/mol. The molecule has 4 nitrogen and oxygen atoms in total. The fraction of sp³-hybridized carbons (Fsp3) is 0.231. The molecule has 0 fully saturated rings. The lowest BCUT2D eigenvalue weighted by Gasteiger charge is -2.05. The molecule has 0 aliphatic rings. The molecule has 1 aromatic carbocycles. The van der Waals surface area contributed by atoms with E-state index in [0.29, 0.717) is 12.2 Å². The highest BCUT2D eigenvalue weighted by Gasteiger charge is 2.09. The summed E-state index contributed by atoms with van der Waals surface area (Å²) < 4.78 is 10.6. The first-order chi connectivity index (χ1) is 8.20. The second kappa shape index (κ2) is 4.82. The number of hydrogen-bond donors (Lipinski definition) is 0. The average Bonchev–Trinajstić information content (AvgIpc) is 2.67. The van der Waals surface area contributed by atoms with Gasteiger partial charge in [0.25, 0.3) is 0 Å². The van der Waals surface area contributed by atoms with E-state index < -0.39 is 0 Å². The number of nitrogens with zero attached hydrogens (tertiary/aromatic N) is 1. The van der Waals surface area contributed by atoms with Gasteiger partial charge in [0.1, 0.15) is 24.4 Å². The van der Waals surface area contributed by atoms with E-state index in [9.17, 15) is 4.79 Å². The Balaban J connectivity index is 2.04. The number of carbonyl (C=O) groups excluding carboxylic acids is 1. The standard InChI is InChI=1S/C13H13NO3/c1-9-13(10(2)17-14-9)8-16-12-5-3-11(7-15)4-6-12/h3-7H,8H2,1-2H3. The fourth-order valence-electron chi connectivity index (χ4n) is 1.51. The summed E-state index contributed by atoms with van der Waals surface area (Å²) in [4.78, 5) is 10.5. The maximum Gasteiger partial charge on any atom is 0.150 e. The van der Waals surface area contributed by atoms with Crippen LogP contribution in [0.5, 0.6) is 5.75 Å². The molecule has 0 saturated heterocycles. The second-order valence-electron chi connectivity index (χ2n) is 3.78. The molecule has 4 heteroatoms. The van der Waals surface area contributed by atoms with E-state index in [1.54, 1.807) is 24.3 Å². The van der Waals surface area contributed by atoms with Gasteiger partial charge in [0.15, 0.2) is 0 Å². The first kappa shape index (κ1) is 11.4. The summed E-state index contributed by atoms with van der Waals surface area (Å²) in [5.74, 6) is 1.49. The first-order valence-corrected chi connectivity index (χ1v) is 5.30. The number of aromatic nitrogens is 1. The highest BCUT2D eigenvalue weighted by Crippen LogP contribution is 2.17. The number of hydrogen-bond acceptors (Lipinski definition) is 4. The van der Waals surface area contributed by atoms with E-state index in [4.69, 9.17) is 9.26 Å². The van der Waals surface area contributed by atoms with Gasteiger partial charge in [-0.2, -0.15) is 0 Å². The van der Waals surface area contributed by atoms with Gasteiger partial charge in [-0.3, -0.25) is 4.79 Å². The van der Waals surface area contributed by atoms with Crippen molar-refractivity contribution in [3.8, 4) is 5.75 Å². The van der Waals surface area contributed by atoms with E-state index in [-0.39, 0.29) is 0 Å². The van der Waals surface area contributed by atoms with E-state index in [0.717, 1.165) is 29.1 Å². The third kappa shape index (κ3) is 2.53. The molecule has 0 aliphatic carbocycles. The minimum Gasteiger partial charge on any atom is -0.489 e. The molecule has 0 N–H and O–H groups in total. The zero-order valence-corrected chi connectivity index (χ0v) is 9.77. The molecular weight excluding hydrogens is 218 g/mol. The van der Waals surface area contributed by atoms with Crippen LogP contribution in [-0.4, -0.2) is 11.4 Å². The molecule has 0 radical (unpaired) electrons.